The number of hydrogen-bond donors (Lipinski definition) is 4. The first-order valence-electron chi connectivity index (χ1n) is 20.5. The number of H-pyrrole nitrogens is 1. The Kier molecular flexibility index (Phi) is 20.8. The van der Waals surface area contributed by atoms with Crippen molar-refractivity contribution >= 4 is 17.3 Å². The second-order valence-electron chi connectivity index (χ2n) is 15.3. The van der Waals surface area contributed by atoms with Gasteiger partial charge >= 0.3 is 0 Å². The van der Waals surface area contributed by atoms with Crippen molar-refractivity contribution in [3.63, 3.8) is 0 Å². The van der Waals surface area contributed by atoms with Gasteiger partial charge in [-0.2, -0.15) is 5.10 Å². The Balaban J connectivity index is 0.000000308. The number of allylic oxidation sites excluding steroid dienone is 3. The highest BCUT2D eigenvalue weighted by atomic mass is 16.1. The molecule has 0 radical (unpaired) electrons. The summed E-state index contributed by atoms with van der Waals surface area (Å²) in [5, 5.41) is 19.1. The van der Waals surface area contributed by atoms with Crippen molar-refractivity contribution in [2.45, 2.75) is 171 Å². The van der Waals surface area contributed by atoms with E-state index < -0.39 is 0 Å². The molecule has 0 aromatic carbocycles. The van der Waals surface area contributed by atoms with Gasteiger partial charge in [0.05, 0.1) is 29.3 Å². The minimum Gasteiger partial charge on any atom is -0.375 e. The van der Waals surface area contributed by atoms with Gasteiger partial charge in [-0.3, -0.25) is 9.48 Å². The lowest BCUT2D eigenvalue weighted by Gasteiger charge is -2.27. The van der Waals surface area contributed by atoms with Gasteiger partial charge in [0, 0.05) is 31.9 Å². The third-order valence-corrected chi connectivity index (χ3v) is 10.8. The van der Waals surface area contributed by atoms with Gasteiger partial charge in [-0.05, 0) is 107 Å². The number of nitrogens with one attached hydrogen (secondary N) is 4. The number of nitrogens with zero attached hydrogens (tertiary/aromatic N) is 3. The van der Waals surface area contributed by atoms with E-state index in [1.807, 2.05) is 38.0 Å². The van der Waals surface area contributed by atoms with Gasteiger partial charge in [0.2, 0.25) is 5.91 Å². The molecule has 4 atom stereocenters. The molecular weight excluding hydrogens is 631 g/mol. The fraction of sp³-hybridized carbons (Fsp3) is 0.721. The topological polar surface area (TPSA) is 111 Å². The zero-order valence-electron chi connectivity index (χ0n) is 34.3. The molecule has 4 N–H and O–H groups in total. The summed E-state index contributed by atoms with van der Waals surface area (Å²) in [5.74, 6) is 3.30. The van der Waals surface area contributed by atoms with Gasteiger partial charge in [0.1, 0.15) is 5.82 Å². The number of aryl methyl sites for hydroxylation is 2. The maximum atomic E-state index is 10.5. The lowest BCUT2D eigenvalue weighted by atomic mass is 9.83. The van der Waals surface area contributed by atoms with Crippen molar-refractivity contribution in [3.8, 4) is 0 Å². The van der Waals surface area contributed by atoms with Crippen LogP contribution in [0.25, 0.3) is 5.70 Å². The smallest absolute Gasteiger partial charge is 0.220 e. The van der Waals surface area contributed by atoms with Gasteiger partial charge in [-0.1, -0.05) is 92.1 Å². The minimum absolute atomic E-state index is 0.211. The van der Waals surface area contributed by atoms with Gasteiger partial charge < -0.3 is 21.0 Å². The van der Waals surface area contributed by atoms with E-state index in [-0.39, 0.29) is 11.9 Å². The Morgan fingerprint density at radius 3 is 2.25 bits per heavy atom. The highest BCUT2D eigenvalue weighted by Gasteiger charge is 2.23. The first kappa shape index (κ1) is 44.0. The van der Waals surface area contributed by atoms with Gasteiger partial charge in [-0.15, -0.1) is 0 Å². The maximum absolute atomic E-state index is 10.5. The Bertz CT molecular complexity index is 1350. The van der Waals surface area contributed by atoms with Crippen molar-refractivity contribution in [1.29, 1.82) is 5.41 Å². The van der Waals surface area contributed by atoms with E-state index in [1.54, 1.807) is 0 Å². The number of rotatable bonds is 18. The molecule has 2 aromatic rings. The summed E-state index contributed by atoms with van der Waals surface area (Å²) < 4.78 is 1.97. The van der Waals surface area contributed by atoms with E-state index >= 15 is 0 Å². The number of aromatic nitrogens is 4. The minimum atomic E-state index is 0.211. The van der Waals surface area contributed by atoms with Crippen molar-refractivity contribution in [1.82, 2.24) is 30.4 Å². The molecule has 4 rings (SSSR count). The number of amides is 1. The normalized spacial score (nSPS) is 17.7. The second kappa shape index (κ2) is 24.2. The van der Waals surface area contributed by atoms with Crippen LogP contribution in [0.15, 0.2) is 35.2 Å². The zero-order chi connectivity index (χ0) is 37.8. The predicted octanol–water partition coefficient (Wildman–Crippen LogP) is 11.2. The molecule has 1 saturated heterocycles. The number of piperidine rings is 1. The van der Waals surface area contributed by atoms with Crippen LogP contribution in [0.4, 0.5) is 0 Å². The van der Waals surface area contributed by atoms with Crippen LogP contribution in [0.2, 0.25) is 0 Å². The number of hydrogen-bond acceptors (Lipinski definition) is 5. The average molecular weight is 706 g/mol. The number of unbranched alkanes of at least 4 members (excludes halogenated alkanes) is 2. The van der Waals surface area contributed by atoms with Gasteiger partial charge in [-0.25, -0.2) is 4.98 Å². The summed E-state index contributed by atoms with van der Waals surface area (Å²) >= 11 is 0. The summed E-state index contributed by atoms with van der Waals surface area (Å²) in [6.45, 7) is 20.5. The molecule has 288 valence electrons. The van der Waals surface area contributed by atoms with Crippen molar-refractivity contribution in [2.75, 3.05) is 6.54 Å². The van der Waals surface area contributed by atoms with E-state index in [0.717, 1.165) is 49.7 Å². The fourth-order valence-corrected chi connectivity index (χ4v) is 6.99. The van der Waals surface area contributed by atoms with E-state index in [9.17, 15) is 4.79 Å². The Labute approximate surface area is 312 Å². The Hall–Kier alpha value is -3.16. The van der Waals surface area contributed by atoms with Crippen LogP contribution >= 0.6 is 0 Å². The quantitative estimate of drug-likeness (QED) is 0.0913. The predicted molar refractivity (Wildman–Crippen MR) is 217 cm³/mol. The van der Waals surface area contributed by atoms with Crippen LogP contribution in [0, 0.1) is 30.1 Å². The van der Waals surface area contributed by atoms with Gasteiger partial charge in [0.15, 0.2) is 0 Å². The summed E-state index contributed by atoms with van der Waals surface area (Å²) in [5.41, 5.74) is 8.74. The first-order chi connectivity index (χ1) is 24.4. The molecule has 1 saturated carbocycles. The lowest BCUT2D eigenvalue weighted by molar-refractivity contribution is -0.122. The van der Waals surface area contributed by atoms with Crippen LogP contribution in [-0.4, -0.2) is 37.9 Å². The number of aromatic amines is 1. The van der Waals surface area contributed by atoms with Crippen LogP contribution < -0.4 is 10.6 Å². The Morgan fingerprint density at radius 2 is 1.78 bits per heavy atom. The third kappa shape index (κ3) is 15.5. The molecular formula is C43H75N7O. The zero-order valence-corrected chi connectivity index (χ0v) is 34.3. The number of imidazole rings is 1. The molecule has 2 aromatic heterocycles. The molecule has 4 unspecified atom stereocenters. The maximum Gasteiger partial charge on any atom is 0.220 e. The molecule has 8 nitrogen and oxygen atoms in total. The lowest BCUT2D eigenvalue weighted by Crippen LogP contribution is -2.33. The summed E-state index contributed by atoms with van der Waals surface area (Å²) in [6, 6.07) is 2.38. The molecule has 3 heterocycles. The van der Waals surface area contributed by atoms with Crippen LogP contribution in [-0.2, 0) is 11.8 Å². The molecule has 1 amide bonds. The van der Waals surface area contributed by atoms with Crippen molar-refractivity contribution in [2.24, 2.45) is 24.8 Å². The largest absolute Gasteiger partial charge is 0.375 e. The first-order valence-corrected chi connectivity index (χ1v) is 20.5. The molecule has 51 heavy (non-hydrogen) atoms. The molecule has 2 aliphatic rings. The summed E-state index contributed by atoms with van der Waals surface area (Å²) in [4.78, 5) is 18.4. The molecule has 8 heteroatoms. The highest BCUT2D eigenvalue weighted by molar-refractivity contribution is 5.96. The second-order valence-corrected chi connectivity index (χ2v) is 15.3. The monoisotopic (exact) mass is 706 g/mol. The molecule has 2 fully saturated rings. The average Bonchev–Trinajstić information content (AvgIpc) is 3.72. The summed E-state index contributed by atoms with van der Waals surface area (Å²) in [6.07, 6.45) is 22.9. The number of carbonyl (C=O) groups excluding carboxylic acids is 1. The number of carbonyl (C=O) groups is 1. The molecule has 1 aliphatic heterocycles. The fourth-order valence-electron chi connectivity index (χ4n) is 6.99. The van der Waals surface area contributed by atoms with Crippen LogP contribution in [0.5, 0.6) is 0 Å². The highest BCUT2D eigenvalue weighted by Crippen LogP contribution is 2.34. The van der Waals surface area contributed by atoms with E-state index in [2.05, 4.69) is 80.2 Å². The molecule has 1 aliphatic carbocycles. The molecule has 0 bridgehead atoms. The van der Waals surface area contributed by atoms with Crippen LogP contribution in [0.1, 0.15) is 181 Å². The SMILES string of the molecule is CC1CCC(=O)NC1.CCC(C)CCCC(NC(=C1CCC1)c1ccnn1C)c1cnc(C)[nH]1.CCCCCC(CCC)C(C(C)=N)=C(C)CC. The van der Waals surface area contributed by atoms with Crippen LogP contribution in [0.3, 0.4) is 0 Å². The third-order valence-electron chi connectivity index (χ3n) is 10.8. The standard InChI is InChI=1S/C21H33N5.C16H31N.C6H11NO/c1-5-15(2)8-6-11-18(19-14-22-16(3)24-19)25-21(17-9-7-10-17)20-12-13-23-26(20)4;1-6-9-10-12-15(11-7-2)16(14(5)17)13(4)8-3;1-5-2-3-6(8)7-4-5/h12-15,18,25H,5-11H2,1-4H3,(H,22,24);15,17H,6-12H2,1-5H3;5H,2-4H2,1H3,(H,7,8). The van der Waals surface area contributed by atoms with E-state index in [0.29, 0.717) is 11.8 Å². The van der Waals surface area contributed by atoms with E-state index in [1.165, 1.54) is 111 Å². The van der Waals surface area contributed by atoms with Crippen molar-refractivity contribution in [3.05, 3.63) is 52.4 Å². The Morgan fingerprint density at radius 1 is 1.04 bits per heavy atom. The summed E-state index contributed by atoms with van der Waals surface area (Å²) in [7, 11) is 2.02. The van der Waals surface area contributed by atoms with E-state index in [4.69, 9.17) is 5.41 Å². The molecule has 0 spiro atoms. The van der Waals surface area contributed by atoms with Gasteiger partial charge in [0.25, 0.3) is 0 Å². The van der Waals surface area contributed by atoms with Crippen molar-refractivity contribution < 1.29 is 4.79 Å².